The van der Waals surface area contributed by atoms with Crippen LogP contribution in [0.5, 0.6) is 17.2 Å². The predicted octanol–water partition coefficient (Wildman–Crippen LogP) is 5.06. The van der Waals surface area contributed by atoms with Crippen molar-refractivity contribution in [1.82, 2.24) is 9.88 Å². The van der Waals surface area contributed by atoms with E-state index in [-0.39, 0.29) is 11.9 Å². The molecule has 2 heterocycles. The minimum absolute atomic E-state index is 0.0543. The molecule has 1 unspecified atom stereocenters. The Bertz CT molecular complexity index is 1110. The van der Waals surface area contributed by atoms with Crippen molar-refractivity contribution in [3.8, 4) is 28.4 Å². The SMILES string of the molecule is COc1ccc(-c2cc(C)nc(C3CCCN3C(=O)c3ccc(OC)cc3OC)c2)cc1. The highest BCUT2D eigenvalue weighted by atomic mass is 16.5. The summed E-state index contributed by atoms with van der Waals surface area (Å²) in [6, 6.07) is 17.4. The number of ether oxygens (including phenoxy) is 3. The smallest absolute Gasteiger partial charge is 0.258 e. The molecule has 1 atom stereocenters. The van der Waals surface area contributed by atoms with Crippen LogP contribution in [0.3, 0.4) is 0 Å². The van der Waals surface area contributed by atoms with Gasteiger partial charge in [-0.2, -0.15) is 0 Å². The molecule has 0 N–H and O–H groups in total. The Hall–Kier alpha value is -3.54. The molecule has 0 bridgehead atoms. The number of hydrogen-bond acceptors (Lipinski definition) is 5. The summed E-state index contributed by atoms with van der Waals surface area (Å²) in [4.78, 5) is 20.2. The number of hydrogen-bond donors (Lipinski definition) is 0. The molecule has 1 fully saturated rings. The van der Waals surface area contributed by atoms with Crippen molar-refractivity contribution < 1.29 is 19.0 Å². The summed E-state index contributed by atoms with van der Waals surface area (Å²) in [6.07, 6.45) is 1.81. The number of pyridine rings is 1. The van der Waals surface area contributed by atoms with Crippen LogP contribution in [0.1, 0.15) is 40.6 Å². The van der Waals surface area contributed by atoms with E-state index in [1.807, 2.05) is 36.1 Å². The third kappa shape index (κ3) is 4.26. The van der Waals surface area contributed by atoms with Crippen LogP contribution in [-0.4, -0.2) is 43.7 Å². The van der Waals surface area contributed by atoms with E-state index in [1.54, 1.807) is 39.5 Å². The number of aromatic nitrogens is 1. The monoisotopic (exact) mass is 432 g/mol. The van der Waals surface area contributed by atoms with Gasteiger partial charge in [0, 0.05) is 18.3 Å². The van der Waals surface area contributed by atoms with Crippen LogP contribution in [0.2, 0.25) is 0 Å². The quantitative estimate of drug-likeness (QED) is 0.545. The lowest BCUT2D eigenvalue weighted by atomic mass is 10.0. The van der Waals surface area contributed by atoms with Crippen LogP contribution in [0.15, 0.2) is 54.6 Å². The lowest BCUT2D eigenvalue weighted by Crippen LogP contribution is -2.31. The summed E-state index contributed by atoms with van der Waals surface area (Å²) in [7, 11) is 4.82. The van der Waals surface area contributed by atoms with Crippen LogP contribution in [-0.2, 0) is 0 Å². The first-order chi connectivity index (χ1) is 15.5. The molecule has 32 heavy (non-hydrogen) atoms. The second-order valence-corrected chi connectivity index (χ2v) is 7.87. The molecule has 1 aliphatic heterocycles. The summed E-state index contributed by atoms with van der Waals surface area (Å²) < 4.78 is 16.0. The van der Waals surface area contributed by atoms with Crippen LogP contribution in [0, 0.1) is 6.92 Å². The molecule has 1 aromatic heterocycles. The lowest BCUT2D eigenvalue weighted by Gasteiger charge is -2.26. The third-order valence-corrected chi connectivity index (χ3v) is 5.89. The van der Waals surface area contributed by atoms with E-state index in [2.05, 4.69) is 12.1 Å². The first-order valence-corrected chi connectivity index (χ1v) is 10.7. The van der Waals surface area contributed by atoms with Crippen LogP contribution in [0.25, 0.3) is 11.1 Å². The van der Waals surface area contributed by atoms with Gasteiger partial charge in [-0.15, -0.1) is 0 Å². The van der Waals surface area contributed by atoms with E-state index in [1.165, 1.54) is 0 Å². The highest BCUT2D eigenvalue weighted by Crippen LogP contribution is 2.36. The molecule has 0 spiro atoms. The van der Waals surface area contributed by atoms with Crippen molar-refractivity contribution >= 4 is 5.91 Å². The van der Waals surface area contributed by atoms with E-state index >= 15 is 0 Å². The molecule has 6 nitrogen and oxygen atoms in total. The lowest BCUT2D eigenvalue weighted by molar-refractivity contribution is 0.0729. The Balaban J connectivity index is 1.66. The Labute approximate surface area is 188 Å². The normalized spacial score (nSPS) is 15.5. The molecule has 1 aliphatic rings. The average Bonchev–Trinajstić information content (AvgIpc) is 3.33. The van der Waals surface area contributed by atoms with Gasteiger partial charge in [0.25, 0.3) is 5.91 Å². The standard InChI is InChI=1S/C26H28N2O4/c1-17-14-19(18-7-9-20(30-2)10-8-18)15-23(27-17)24-6-5-13-28(24)26(29)22-12-11-21(31-3)16-25(22)32-4/h7-12,14-16,24H,5-6,13H2,1-4H3. The first-order valence-electron chi connectivity index (χ1n) is 10.7. The van der Waals surface area contributed by atoms with Crippen molar-refractivity contribution in [3.05, 3.63) is 71.5 Å². The number of methoxy groups -OCH3 is 3. The summed E-state index contributed by atoms with van der Waals surface area (Å²) >= 11 is 0. The summed E-state index contributed by atoms with van der Waals surface area (Å²) in [5, 5.41) is 0. The molecular formula is C26H28N2O4. The molecule has 1 amide bonds. The van der Waals surface area contributed by atoms with Crippen molar-refractivity contribution in [2.75, 3.05) is 27.9 Å². The topological polar surface area (TPSA) is 60.9 Å². The number of carbonyl (C=O) groups is 1. The maximum atomic E-state index is 13.5. The molecule has 3 aromatic rings. The zero-order valence-electron chi connectivity index (χ0n) is 18.9. The van der Waals surface area contributed by atoms with E-state index in [4.69, 9.17) is 19.2 Å². The number of carbonyl (C=O) groups excluding carboxylic acids is 1. The van der Waals surface area contributed by atoms with Crippen LogP contribution >= 0.6 is 0 Å². The van der Waals surface area contributed by atoms with Gasteiger partial charge in [-0.1, -0.05) is 12.1 Å². The Morgan fingerprint density at radius 2 is 1.62 bits per heavy atom. The van der Waals surface area contributed by atoms with Gasteiger partial charge in [0.1, 0.15) is 17.2 Å². The number of rotatable bonds is 6. The molecule has 4 rings (SSSR count). The summed E-state index contributed by atoms with van der Waals surface area (Å²) in [5.41, 5.74) is 4.54. The molecule has 166 valence electrons. The summed E-state index contributed by atoms with van der Waals surface area (Å²) in [5.74, 6) is 1.93. The Morgan fingerprint density at radius 1 is 0.906 bits per heavy atom. The van der Waals surface area contributed by atoms with Gasteiger partial charge in [-0.25, -0.2) is 0 Å². The van der Waals surface area contributed by atoms with Gasteiger partial charge in [0.2, 0.25) is 0 Å². The highest BCUT2D eigenvalue weighted by molar-refractivity contribution is 5.97. The Kier molecular flexibility index (Phi) is 6.30. The second kappa shape index (κ2) is 9.30. The zero-order valence-corrected chi connectivity index (χ0v) is 18.9. The van der Waals surface area contributed by atoms with E-state index in [0.717, 1.165) is 41.1 Å². The zero-order chi connectivity index (χ0) is 22.7. The van der Waals surface area contributed by atoms with Gasteiger partial charge in [-0.3, -0.25) is 9.78 Å². The van der Waals surface area contributed by atoms with E-state index < -0.39 is 0 Å². The van der Waals surface area contributed by atoms with Gasteiger partial charge in [0.05, 0.1) is 38.6 Å². The first kappa shape index (κ1) is 21.7. The number of amides is 1. The molecule has 0 radical (unpaired) electrons. The van der Waals surface area contributed by atoms with Crippen molar-refractivity contribution in [2.45, 2.75) is 25.8 Å². The predicted molar refractivity (Wildman–Crippen MR) is 124 cm³/mol. The van der Waals surface area contributed by atoms with Crippen molar-refractivity contribution in [2.24, 2.45) is 0 Å². The fourth-order valence-electron chi connectivity index (χ4n) is 4.26. The van der Waals surface area contributed by atoms with E-state index in [0.29, 0.717) is 23.6 Å². The molecule has 1 saturated heterocycles. The van der Waals surface area contributed by atoms with Gasteiger partial charge < -0.3 is 19.1 Å². The minimum atomic E-state index is -0.0776. The van der Waals surface area contributed by atoms with Gasteiger partial charge in [-0.05, 0) is 67.3 Å². The van der Waals surface area contributed by atoms with Crippen molar-refractivity contribution in [3.63, 3.8) is 0 Å². The molecule has 0 saturated carbocycles. The van der Waals surface area contributed by atoms with Crippen LogP contribution in [0.4, 0.5) is 0 Å². The molecule has 2 aromatic carbocycles. The average molecular weight is 433 g/mol. The van der Waals surface area contributed by atoms with E-state index in [9.17, 15) is 4.79 Å². The fraction of sp³-hybridized carbons (Fsp3) is 0.308. The van der Waals surface area contributed by atoms with Gasteiger partial charge >= 0.3 is 0 Å². The fourth-order valence-corrected chi connectivity index (χ4v) is 4.26. The summed E-state index contributed by atoms with van der Waals surface area (Å²) in [6.45, 7) is 2.68. The Morgan fingerprint density at radius 3 is 2.31 bits per heavy atom. The van der Waals surface area contributed by atoms with Gasteiger partial charge in [0.15, 0.2) is 0 Å². The van der Waals surface area contributed by atoms with Crippen LogP contribution < -0.4 is 14.2 Å². The number of aryl methyl sites for hydroxylation is 1. The largest absolute Gasteiger partial charge is 0.497 e. The highest BCUT2D eigenvalue weighted by Gasteiger charge is 2.33. The van der Waals surface area contributed by atoms with Crippen molar-refractivity contribution in [1.29, 1.82) is 0 Å². The molecular weight excluding hydrogens is 404 g/mol. The number of benzene rings is 2. The molecule has 6 heteroatoms. The number of likely N-dealkylation sites (tertiary alicyclic amines) is 1. The number of nitrogens with zero attached hydrogens (tertiary/aromatic N) is 2. The molecule has 0 aliphatic carbocycles. The third-order valence-electron chi connectivity index (χ3n) is 5.89. The second-order valence-electron chi connectivity index (χ2n) is 7.87. The maximum Gasteiger partial charge on any atom is 0.258 e. The maximum absolute atomic E-state index is 13.5. The minimum Gasteiger partial charge on any atom is -0.497 e.